The zero-order valence-electron chi connectivity index (χ0n) is 17.7. The van der Waals surface area contributed by atoms with Crippen molar-refractivity contribution in [3.05, 3.63) is 36.2 Å². The Bertz CT molecular complexity index is 797. The molecule has 2 aliphatic heterocycles. The maximum atomic E-state index is 12.8. The molecule has 0 saturated carbocycles. The fourth-order valence-corrected chi connectivity index (χ4v) is 4.55. The van der Waals surface area contributed by atoms with Crippen LogP contribution in [0.4, 0.5) is 0 Å². The highest BCUT2D eigenvalue weighted by Gasteiger charge is 2.22. The van der Waals surface area contributed by atoms with Crippen LogP contribution in [0.2, 0.25) is 0 Å². The maximum Gasteiger partial charge on any atom is 0.244 e. The molecule has 1 unspecified atom stereocenters. The van der Waals surface area contributed by atoms with Crippen LogP contribution in [-0.2, 0) is 17.8 Å². The number of hydrogen-bond acceptors (Lipinski definition) is 6. The van der Waals surface area contributed by atoms with Gasteiger partial charge in [-0.1, -0.05) is 18.6 Å². The molecule has 0 spiro atoms. The van der Waals surface area contributed by atoms with Gasteiger partial charge in [0, 0.05) is 12.6 Å². The van der Waals surface area contributed by atoms with E-state index < -0.39 is 0 Å². The third kappa shape index (κ3) is 5.78. The quantitative estimate of drug-likeness (QED) is 0.752. The lowest BCUT2D eigenvalue weighted by Crippen LogP contribution is -2.41. The molecule has 1 amide bonds. The zero-order valence-corrected chi connectivity index (χ0v) is 17.7. The van der Waals surface area contributed by atoms with Gasteiger partial charge in [-0.05, 0) is 79.7 Å². The molecule has 30 heavy (non-hydrogen) atoms. The molecule has 8 heteroatoms. The van der Waals surface area contributed by atoms with Gasteiger partial charge in [0.2, 0.25) is 5.91 Å². The molecule has 0 aliphatic carbocycles. The number of hydrogen-bond donors (Lipinski definition) is 0. The van der Waals surface area contributed by atoms with Crippen molar-refractivity contribution in [1.82, 2.24) is 30.0 Å². The maximum absolute atomic E-state index is 12.8. The number of fused-ring (bicyclic) bond motifs is 3. The Labute approximate surface area is 178 Å². The molecule has 162 valence electrons. The molecular formula is C22H32N6O2. The molecule has 2 bridgehead atoms. The molecule has 4 rings (SSSR count). The van der Waals surface area contributed by atoms with Crippen LogP contribution in [-0.4, -0.2) is 74.7 Å². The van der Waals surface area contributed by atoms with Gasteiger partial charge in [-0.25, -0.2) is 4.68 Å². The second kappa shape index (κ2) is 10.5. The molecule has 3 heterocycles. The summed E-state index contributed by atoms with van der Waals surface area (Å²) in [7, 11) is 0. The zero-order chi connectivity index (χ0) is 20.6. The SMILES string of the molecule is O=C(Cn1cnnn1)N1CCCCN2CCCCC2CCc2cccc(c2)OCC1. The minimum absolute atomic E-state index is 0.0276. The minimum Gasteiger partial charge on any atom is -0.492 e. The van der Waals surface area contributed by atoms with Crippen LogP contribution in [0.3, 0.4) is 0 Å². The first-order valence-electron chi connectivity index (χ1n) is 11.2. The summed E-state index contributed by atoms with van der Waals surface area (Å²) >= 11 is 0. The molecule has 2 aromatic rings. The summed E-state index contributed by atoms with van der Waals surface area (Å²) in [4.78, 5) is 17.4. The molecule has 1 aromatic heterocycles. The monoisotopic (exact) mass is 412 g/mol. The number of benzene rings is 1. The van der Waals surface area contributed by atoms with Crippen molar-refractivity contribution in [1.29, 1.82) is 0 Å². The van der Waals surface area contributed by atoms with Crippen LogP contribution in [0.25, 0.3) is 0 Å². The number of tetrazole rings is 1. The van der Waals surface area contributed by atoms with Crippen molar-refractivity contribution in [3.63, 3.8) is 0 Å². The summed E-state index contributed by atoms with van der Waals surface area (Å²) in [6.07, 6.45) is 9.82. The molecule has 0 radical (unpaired) electrons. The lowest BCUT2D eigenvalue weighted by Gasteiger charge is -2.36. The number of nitrogens with zero attached hydrogens (tertiary/aromatic N) is 6. The first kappa shape index (κ1) is 20.8. The molecule has 2 aliphatic rings. The Kier molecular flexibility index (Phi) is 7.29. The van der Waals surface area contributed by atoms with Gasteiger partial charge in [-0.3, -0.25) is 4.79 Å². The second-order valence-electron chi connectivity index (χ2n) is 8.32. The van der Waals surface area contributed by atoms with Gasteiger partial charge in [0.15, 0.2) is 0 Å². The highest BCUT2D eigenvalue weighted by molar-refractivity contribution is 5.75. The van der Waals surface area contributed by atoms with E-state index in [-0.39, 0.29) is 12.5 Å². The summed E-state index contributed by atoms with van der Waals surface area (Å²) in [6, 6.07) is 9.09. The molecule has 1 saturated heterocycles. The number of piperidine rings is 1. The third-order valence-corrected chi connectivity index (χ3v) is 6.21. The number of ether oxygens (including phenoxy) is 1. The van der Waals surface area contributed by atoms with Gasteiger partial charge in [-0.2, -0.15) is 0 Å². The summed E-state index contributed by atoms with van der Waals surface area (Å²) in [5.74, 6) is 0.913. The number of aromatic nitrogens is 4. The smallest absolute Gasteiger partial charge is 0.244 e. The van der Waals surface area contributed by atoms with Crippen LogP contribution in [0.5, 0.6) is 5.75 Å². The molecular weight excluding hydrogens is 380 g/mol. The summed E-state index contributed by atoms with van der Waals surface area (Å²) in [6.45, 7) is 4.28. The lowest BCUT2D eigenvalue weighted by molar-refractivity contribution is -0.132. The van der Waals surface area contributed by atoms with Crippen molar-refractivity contribution in [3.8, 4) is 5.75 Å². The van der Waals surface area contributed by atoms with E-state index in [1.807, 2.05) is 11.0 Å². The van der Waals surface area contributed by atoms with Crippen molar-refractivity contribution < 1.29 is 9.53 Å². The van der Waals surface area contributed by atoms with Crippen LogP contribution in [0, 0.1) is 0 Å². The van der Waals surface area contributed by atoms with Gasteiger partial charge in [0.25, 0.3) is 0 Å². The predicted molar refractivity (Wildman–Crippen MR) is 113 cm³/mol. The Morgan fingerprint density at radius 3 is 2.80 bits per heavy atom. The van der Waals surface area contributed by atoms with Gasteiger partial charge in [0.05, 0.1) is 6.54 Å². The van der Waals surface area contributed by atoms with Crippen LogP contribution in [0.1, 0.15) is 44.1 Å². The van der Waals surface area contributed by atoms with Crippen molar-refractivity contribution in [2.24, 2.45) is 0 Å². The minimum atomic E-state index is 0.0276. The standard InChI is InChI=1S/C22H32N6O2/c29-22(17-28-18-23-24-25-28)27-13-4-3-12-26-11-2-1-7-20(26)10-9-19-6-5-8-21(16-19)30-15-14-27/h5-6,8,16,18,20H,1-4,7,9-15,17H2. The second-order valence-corrected chi connectivity index (χ2v) is 8.32. The Balaban J connectivity index is 1.44. The summed E-state index contributed by atoms with van der Waals surface area (Å²) < 4.78 is 7.47. The van der Waals surface area contributed by atoms with E-state index in [0.717, 1.165) is 38.1 Å². The Morgan fingerprint density at radius 2 is 1.93 bits per heavy atom. The largest absolute Gasteiger partial charge is 0.492 e. The van der Waals surface area contributed by atoms with Crippen LogP contribution in [0.15, 0.2) is 30.6 Å². The third-order valence-electron chi connectivity index (χ3n) is 6.21. The highest BCUT2D eigenvalue weighted by Crippen LogP contribution is 2.23. The van der Waals surface area contributed by atoms with E-state index in [2.05, 4.69) is 38.6 Å². The number of rotatable bonds is 2. The van der Waals surface area contributed by atoms with Crippen molar-refractivity contribution in [2.75, 3.05) is 32.8 Å². The van der Waals surface area contributed by atoms with E-state index in [1.54, 1.807) is 0 Å². The molecule has 1 atom stereocenters. The molecule has 0 N–H and O–H groups in total. The number of carbonyl (C=O) groups excluding carboxylic acids is 1. The fourth-order valence-electron chi connectivity index (χ4n) is 4.55. The van der Waals surface area contributed by atoms with Crippen molar-refractivity contribution in [2.45, 2.75) is 57.5 Å². The average molecular weight is 413 g/mol. The Hall–Kier alpha value is -2.48. The first-order chi connectivity index (χ1) is 14.8. The summed E-state index contributed by atoms with van der Waals surface area (Å²) in [5.41, 5.74) is 1.33. The number of aryl methyl sites for hydroxylation is 1. The number of amides is 1. The van der Waals surface area contributed by atoms with Crippen molar-refractivity contribution >= 4 is 5.91 Å². The van der Waals surface area contributed by atoms with Gasteiger partial charge in [-0.15, -0.1) is 5.10 Å². The lowest BCUT2D eigenvalue weighted by atomic mass is 9.95. The number of carbonyl (C=O) groups is 1. The normalized spacial score (nSPS) is 21.7. The van der Waals surface area contributed by atoms with E-state index in [0.29, 0.717) is 19.2 Å². The van der Waals surface area contributed by atoms with Crippen LogP contribution < -0.4 is 4.74 Å². The van der Waals surface area contributed by atoms with E-state index in [1.165, 1.54) is 48.8 Å². The molecule has 1 fully saturated rings. The first-order valence-corrected chi connectivity index (χ1v) is 11.2. The van der Waals surface area contributed by atoms with E-state index in [4.69, 9.17) is 4.74 Å². The molecule has 8 nitrogen and oxygen atoms in total. The molecule has 1 aromatic carbocycles. The van der Waals surface area contributed by atoms with E-state index >= 15 is 0 Å². The Morgan fingerprint density at radius 1 is 1.07 bits per heavy atom. The van der Waals surface area contributed by atoms with E-state index in [9.17, 15) is 4.79 Å². The highest BCUT2D eigenvalue weighted by atomic mass is 16.5. The van der Waals surface area contributed by atoms with Gasteiger partial charge >= 0.3 is 0 Å². The average Bonchev–Trinajstić information content (AvgIpc) is 3.27. The topological polar surface area (TPSA) is 76.4 Å². The predicted octanol–water partition coefficient (Wildman–Crippen LogP) is 2.16. The fraction of sp³-hybridized carbons (Fsp3) is 0.636. The van der Waals surface area contributed by atoms with Gasteiger partial charge < -0.3 is 14.5 Å². The summed E-state index contributed by atoms with van der Waals surface area (Å²) in [5, 5.41) is 11.1. The van der Waals surface area contributed by atoms with Crippen LogP contribution >= 0.6 is 0 Å². The van der Waals surface area contributed by atoms with Gasteiger partial charge in [0.1, 0.15) is 25.2 Å².